The van der Waals surface area contributed by atoms with Gasteiger partial charge in [0, 0.05) is 11.3 Å². The van der Waals surface area contributed by atoms with Crippen LogP contribution in [0.3, 0.4) is 0 Å². The Hall–Kier alpha value is -1.31. The topological polar surface area (TPSA) is 43.1 Å². The molecule has 0 radical (unpaired) electrons. The highest BCUT2D eigenvalue weighted by molar-refractivity contribution is 5.84. The molecule has 0 spiro atoms. The molecule has 0 unspecified atom stereocenters. The maximum atomic E-state index is 10.7. The molecule has 0 fully saturated rings. The maximum Gasteiger partial charge on any atom is 0.152 e. The van der Waals surface area contributed by atoms with E-state index < -0.39 is 0 Å². The van der Waals surface area contributed by atoms with E-state index in [1.165, 1.54) is 30.4 Å². The van der Waals surface area contributed by atoms with Crippen molar-refractivity contribution in [2.45, 2.75) is 32.1 Å². The molecule has 0 aliphatic heterocycles. The molecular formula is C12H15NO. The zero-order valence-corrected chi connectivity index (χ0v) is 8.25. The molecule has 0 saturated carbocycles. The van der Waals surface area contributed by atoms with Gasteiger partial charge in [-0.1, -0.05) is 6.42 Å². The number of nitrogens with two attached hydrogens (primary N) is 1. The summed E-state index contributed by atoms with van der Waals surface area (Å²) < 4.78 is 0. The number of anilines is 1. The summed E-state index contributed by atoms with van der Waals surface area (Å²) in [4.78, 5) is 10.7. The molecule has 0 aromatic heterocycles. The highest BCUT2D eigenvalue weighted by Crippen LogP contribution is 2.24. The van der Waals surface area contributed by atoms with Gasteiger partial charge in [-0.25, -0.2) is 0 Å². The second-order valence-corrected chi connectivity index (χ2v) is 3.93. The first-order valence-corrected chi connectivity index (χ1v) is 5.17. The number of fused-ring (bicyclic) bond motifs is 1. The predicted octanol–water partition coefficient (Wildman–Crippen LogP) is 2.35. The number of aryl methyl sites for hydroxylation is 2. The molecule has 1 aromatic carbocycles. The quantitative estimate of drug-likeness (QED) is 0.418. The summed E-state index contributed by atoms with van der Waals surface area (Å²) in [6, 6.07) is 3.94. The molecule has 2 rings (SSSR count). The van der Waals surface area contributed by atoms with Crippen molar-refractivity contribution in [3.8, 4) is 0 Å². The van der Waals surface area contributed by atoms with E-state index in [1.807, 2.05) is 12.1 Å². The lowest BCUT2D eigenvalue weighted by Crippen LogP contribution is -1.99. The molecule has 0 heterocycles. The first kappa shape index (κ1) is 9.25. The van der Waals surface area contributed by atoms with Crippen LogP contribution in [0.4, 0.5) is 5.69 Å². The summed E-state index contributed by atoms with van der Waals surface area (Å²) in [5, 5.41) is 0. The van der Waals surface area contributed by atoms with E-state index in [0.717, 1.165) is 19.1 Å². The smallest absolute Gasteiger partial charge is 0.152 e. The highest BCUT2D eigenvalue weighted by Gasteiger charge is 2.10. The number of carbonyl (C=O) groups excluding carboxylic acids is 1. The third-order valence-electron chi connectivity index (χ3n) is 2.92. The van der Waals surface area contributed by atoms with Crippen LogP contribution in [0.2, 0.25) is 0 Å². The third kappa shape index (κ3) is 1.65. The van der Waals surface area contributed by atoms with Crippen LogP contribution in [0.25, 0.3) is 0 Å². The summed E-state index contributed by atoms with van der Waals surface area (Å²) in [7, 11) is 0. The highest BCUT2D eigenvalue weighted by atomic mass is 16.1. The van der Waals surface area contributed by atoms with E-state index in [-0.39, 0.29) is 0 Å². The molecule has 2 heteroatoms. The molecule has 1 aromatic rings. The van der Waals surface area contributed by atoms with Crippen LogP contribution in [0.5, 0.6) is 0 Å². The number of carbonyl (C=O) groups is 1. The van der Waals surface area contributed by atoms with Crippen molar-refractivity contribution >= 4 is 12.0 Å². The Morgan fingerprint density at radius 2 is 1.71 bits per heavy atom. The largest absolute Gasteiger partial charge is 0.398 e. The fourth-order valence-electron chi connectivity index (χ4n) is 2.10. The minimum Gasteiger partial charge on any atom is -0.398 e. The van der Waals surface area contributed by atoms with E-state index in [9.17, 15) is 4.79 Å². The normalized spacial score (nSPS) is 15.7. The Morgan fingerprint density at radius 3 is 2.36 bits per heavy atom. The maximum absolute atomic E-state index is 10.7. The van der Waals surface area contributed by atoms with Crippen molar-refractivity contribution in [2.75, 3.05) is 5.73 Å². The number of benzene rings is 1. The Labute approximate surface area is 84.1 Å². The summed E-state index contributed by atoms with van der Waals surface area (Å²) in [6.07, 6.45) is 6.81. The zero-order valence-electron chi connectivity index (χ0n) is 8.25. The van der Waals surface area contributed by atoms with Crippen molar-refractivity contribution in [1.29, 1.82) is 0 Å². The minimum atomic E-state index is 0.626. The van der Waals surface area contributed by atoms with Gasteiger partial charge in [-0.3, -0.25) is 4.79 Å². The molecule has 0 amide bonds. The summed E-state index contributed by atoms with van der Waals surface area (Å²) in [6.45, 7) is 0. The monoisotopic (exact) mass is 189 g/mol. The van der Waals surface area contributed by atoms with Crippen molar-refractivity contribution in [1.82, 2.24) is 0 Å². The minimum absolute atomic E-state index is 0.626. The third-order valence-corrected chi connectivity index (χ3v) is 2.92. The van der Waals surface area contributed by atoms with Crippen molar-refractivity contribution in [3.05, 3.63) is 28.8 Å². The lowest BCUT2D eigenvalue weighted by molar-refractivity contribution is 0.112. The van der Waals surface area contributed by atoms with Crippen molar-refractivity contribution in [3.63, 3.8) is 0 Å². The van der Waals surface area contributed by atoms with Crippen LogP contribution >= 0.6 is 0 Å². The number of nitrogen functional groups attached to an aromatic ring is 1. The molecule has 0 atom stereocenters. The van der Waals surface area contributed by atoms with Crippen LogP contribution in [0, 0.1) is 0 Å². The molecule has 14 heavy (non-hydrogen) atoms. The van der Waals surface area contributed by atoms with Gasteiger partial charge < -0.3 is 5.73 Å². The molecule has 2 nitrogen and oxygen atoms in total. The second-order valence-electron chi connectivity index (χ2n) is 3.93. The van der Waals surface area contributed by atoms with E-state index in [4.69, 9.17) is 5.73 Å². The SMILES string of the molecule is Nc1cc2c(cc1C=O)CCCCC2. The first-order valence-electron chi connectivity index (χ1n) is 5.17. The number of hydrogen-bond donors (Lipinski definition) is 1. The van der Waals surface area contributed by atoms with E-state index >= 15 is 0 Å². The van der Waals surface area contributed by atoms with Crippen LogP contribution in [-0.4, -0.2) is 6.29 Å². The fraction of sp³-hybridized carbons (Fsp3) is 0.417. The van der Waals surface area contributed by atoms with Crippen LogP contribution in [0.1, 0.15) is 40.7 Å². The van der Waals surface area contributed by atoms with Gasteiger partial charge in [-0.2, -0.15) is 0 Å². The number of rotatable bonds is 1. The van der Waals surface area contributed by atoms with Crippen LogP contribution in [0.15, 0.2) is 12.1 Å². The molecule has 74 valence electrons. The van der Waals surface area contributed by atoms with Gasteiger partial charge in [0.1, 0.15) is 0 Å². The van der Waals surface area contributed by atoms with Gasteiger partial charge >= 0.3 is 0 Å². The second kappa shape index (κ2) is 3.82. The Morgan fingerprint density at radius 1 is 1.07 bits per heavy atom. The molecule has 1 aliphatic rings. The Kier molecular flexibility index (Phi) is 2.53. The van der Waals surface area contributed by atoms with Gasteiger partial charge in [-0.05, 0) is 48.9 Å². The van der Waals surface area contributed by atoms with Gasteiger partial charge in [0.05, 0.1) is 0 Å². The molecule has 0 saturated heterocycles. The standard InChI is InChI=1S/C12H15NO/c13-12-7-10-5-3-1-2-4-9(10)6-11(12)8-14/h6-8H,1-5,13H2. The van der Waals surface area contributed by atoms with E-state index in [0.29, 0.717) is 11.3 Å². The molecule has 2 N–H and O–H groups in total. The average molecular weight is 189 g/mol. The molecular weight excluding hydrogens is 174 g/mol. The van der Waals surface area contributed by atoms with Crippen molar-refractivity contribution in [2.24, 2.45) is 0 Å². The summed E-state index contributed by atoms with van der Waals surface area (Å²) in [5.74, 6) is 0. The van der Waals surface area contributed by atoms with E-state index in [1.54, 1.807) is 0 Å². The predicted molar refractivity (Wildman–Crippen MR) is 57.5 cm³/mol. The summed E-state index contributed by atoms with van der Waals surface area (Å²) in [5.41, 5.74) is 9.70. The van der Waals surface area contributed by atoms with Gasteiger partial charge in [0.2, 0.25) is 0 Å². The van der Waals surface area contributed by atoms with Crippen LogP contribution < -0.4 is 5.73 Å². The fourth-order valence-corrected chi connectivity index (χ4v) is 2.10. The lowest BCUT2D eigenvalue weighted by atomic mass is 9.99. The molecule has 1 aliphatic carbocycles. The summed E-state index contributed by atoms with van der Waals surface area (Å²) >= 11 is 0. The first-order chi connectivity index (χ1) is 6.81. The van der Waals surface area contributed by atoms with Gasteiger partial charge in [-0.15, -0.1) is 0 Å². The van der Waals surface area contributed by atoms with E-state index in [2.05, 4.69) is 0 Å². The number of aldehydes is 1. The lowest BCUT2D eigenvalue weighted by Gasteiger charge is -2.08. The Bertz CT molecular complexity index is 358. The van der Waals surface area contributed by atoms with Crippen molar-refractivity contribution < 1.29 is 4.79 Å². The van der Waals surface area contributed by atoms with Gasteiger partial charge in [0.25, 0.3) is 0 Å². The molecule has 0 bridgehead atoms. The van der Waals surface area contributed by atoms with Gasteiger partial charge in [0.15, 0.2) is 6.29 Å². The zero-order chi connectivity index (χ0) is 9.97. The average Bonchev–Trinajstić information content (AvgIpc) is 2.41. The van der Waals surface area contributed by atoms with Crippen LogP contribution in [-0.2, 0) is 12.8 Å². The Balaban J connectivity index is 2.45. The number of hydrogen-bond acceptors (Lipinski definition) is 2.